The topological polar surface area (TPSA) is 32.3 Å². The summed E-state index contributed by atoms with van der Waals surface area (Å²) in [5.74, 6) is 1.47. The third-order valence-electron chi connectivity index (χ3n) is 3.11. The van der Waals surface area contributed by atoms with E-state index in [0.717, 1.165) is 44.2 Å². The van der Waals surface area contributed by atoms with Crippen LogP contribution >= 0.6 is 0 Å². The first-order chi connectivity index (χ1) is 6.07. The highest BCUT2D eigenvalue weighted by Crippen LogP contribution is 2.41. The molecule has 0 saturated heterocycles. The normalized spacial score (nSPS) is 33.5. The zero-order chi connectivity index (χ0) is 9.90. The molecule has 0 atom stereocenters. The molecule has 1 saturated carbocycles. The summed E-state index contributed by atoms with van der Waals surface area (Å²) in [6, 6.07) is 0. The summed E-state index contributed by atoms with van der Waals surface area (Å²) in [4.78, 5) is 0. The molecule has 0 aromatic rings. The van der Waals surface area contributed by atoms with Gasteiger partial charge in [-0.05, 0) is 37.6 Å². The van der Waals surface area contributed by atoms with Crippen LogP contribution in [-0.2, 0) is 0 Å². The van der Waals surface area contributed by atoms with Gasteiger partial charge >= 0.3 is 0 Å². The Morgan fingerprint density at radius 3 is 2.54 bits per heavy atom. The molecule has 78 valence electrons. The molecule has 1 aliphatic carbocycles. The van der Waals surface area contributed by atoms with Crippen molar-refractivity contribution in [3.05, 3.63) is 0 Å². The zero-order valence-corrected chi connectivity index (χ0v) is 9.14. The van der Waals surface area contributed by atoms with Crippen LogP contribution in [0.15, 0.2) is 0 Å². The summed E-state index contributed by atoms with van der Waals surface area (Å²) >= 11 is 0. The molecule has 1 rings (SSSR count). The van der Waals surface area contributed by atoms with Crippen LogP contribution in [0.1, 0.15) is 40.0 Å². The molecule has 2 N–H and O–H groups in total. The van der Waals surface area contributed by atoms with E-state index < -0.39 is 0 Å². The van der Waals surface area contributed by atoms with Crippen molar-refractivity contribution in [1.29, 1.82) is 0 Å². The Kier molecular flexibility index (Phi) is 3.74. The van der Waals surface area contributed by atoms with Gasteiger partial charge < -0.3 is 10.4 Å². The summed E-state index contributed by atoms with van der Waals surface area (Å²) in [6.07, 6.45) is 3.12. The molecule has 0 aromatic heterocycles. The van der Waals surface area contributed by atoms with Gasteiger partial charge in [-0.3, -0.25) is 0 Å². The Labute approximate surface area is 81.7 Å². The van der Waals surface area contributed by atoms with Gasteiger partial charge in [-0.25, -0.2) is 0 Å². The van der Waals surface area contributed by atoms with Crippen molar-refractivity contribution < 1.29 is 5.11 Å². The lowest BCUT2D eigenvalue weighted by molar-refractivity contribution is -0.0842. The predicted octanol–water partition coefficient (Wildman–Crippen LogP) is 1.78. The van der Waals surface area contributed by atoms with Crippen molar-refractivity contribution in [3.63, 3.8) is 0 Å². The molecule has 0 bridgehead atoms. The fourth-order valence-corrected chi connectivity index (χ4v) is 2.03. The molecule has 1 fully saturated rings. The molecule has 2 heteroatoms. The first-order valence-electron chi connectivity index (χ1n) is 5.50. The standard InChI is InChI=1S/C11H23NO/c1-4-5-12-8-11(13)6-10(7-11)9(2)3/h9-10,12-13H,4-8H2,1-3H3. The summed E-state index contributed by atoms with van der Waals surface area (Å²) in [5, 5.41) is 13.3. The maximum absolute atomic E-state index is 9.99. The van der Waals surface area contributed by atoms with Gasteiger partial charge in [0.2, 0.25) is 0 Å². The van der Waals surface area contributed by atoms with E-state index in [-0.39, 0.29) is 5.60 Å². The number of hydrogen-bond donors (Lipinski definition) is 2. The molecule has 0 unspecified atom stereocenters. The Hall–Kier alpha value is -0.0800. The molecule has 0 radical (unpaired) electrons. The fourth-order valence-electron chi connectivity index (χ4n) is 2.03. The smallest absolute Gasteiger partial charge is 0.0777 e. The summed E-state index contributed by atoms with van der Waals surface area (Å²) < 4.78 is 0. The minimum absolute atomic E-state index is 0.385. The van der Waals surface area contributed by atoms with Crippen LogP contribution in [0.25, 0.3) is 0 Å². The van der Waals surface area contributed by atoms with Gasteiger partial charge in [0.25, 0.3) is 0 Å². The number of aliphatic hydroxyl groups is 1. The van der Waals surface area contributed by atoms with Gasteiger partial charge in [0.1, 0.15) is 0 Å². The van der Waals surface area contributed by atoms with Crippen LogP contribution in [0, 0.1) is 11.8 Å². The van der Waals surface area contributed by atoms with Crippen LogP contribution in [0.4, 0.5) is 0 Å². The Bertz CT molecular complexity index is 150. The average Bonchev–Trinajstić information content (AvgIpc) is 2.00. The zero-order valence-electron chi connectivity index (χ0n) is 9.14. The largest absolute Gasteiger partial charge is 0.389 e. The second-order valence-corrected chi connectivity index (χ2v) is 4.81. The Morgan fingerprint density at radius 1 is 1.46 bits per heavy atom. The van der Waals surface area contributed by atoms with Gasteiger partial charge in [0.15, 0.2) is 0 Å². The number of nitrogens with one attached hydrogen (secondary N) is 1. The van der Waals surface area contributed by atoms with E-state index in [0.29, 0.717) is 0 Å². The van der Waals surface area contributed by atoms with Crippen LogP contribution in [0.5, 0.6) is 0 Å². The van der Waals surface area contributed by atoms with Gasteiger partial charge in [-0.2, -0.15) is 0 Å². The predicted molar refractivity (Wildman–Crippen MR) is 55.7 cm³/mol. The summed E-state index contributed by atoms with van der Waals surface area (Å²) in [5.41, 5.74) is -0.385. The van der Waals surface area contributed by atoms with Crippen LogP contribution < -0.4 is 5.32 Å². The van der Waals surface area contributed by atoms with E-state index in [9.17, 15) is 5.11 Å². The maximum atomic E-state index is 9.99. The molecule has 0 spiro atoms. The van der Waals surface area contributed by atoms with Crippen molar-refractivity contribution in [2.24, 2.45) is 11.8 Å². The van der Waals surface area contributed by atoms with Crippen molar-refractivity contribution in [1.82, 2.24) is 5.32 Å². The molecule has 2 nitrogen and oxygen atoms in total. The first kappa shape index (κ1) is 11.0. The molecule has 0 heterocycles. The van der Waals surface area contributed by atoms with Crippen molar-refractivity contribution in [2.45, 2.75) is 45.6 Å². The highest BCUT2D eigenvalue weighted by molar-refractivity contribution is 4.96. The third kappa shape index (κ3) is 2.96. The number of hydrogen-bond acceptors (Lipinski definition) is 2. The molecule has 0 aromatic carbocycles. The second kappa shape index (κ2) is 4.43. The average molecular weight is 185 g/mol. The third-order valence-corrected chi connectivity index (χ3v) is 3.11. The molecule has 13 heavy (non-hydrogen) atoms. The Morgan fingerprint density at radius 2 is 2.08 bits per heavy atom. The summed E-state index contributed by atoms with van der Waals surface area (Å²) in [7, 11) is 0. The van der Waals surface area contributed by atoms with Gasteiger partial charge in [-0.1, -0.05) is 20.8 Å². The SMILES string of the molecule is CCCNCC1(O)CC(C(C)C)C1. The molecule has 0 amide bonds. The van der Waals surface area contributed by atoms with Gasteiger partial charge in [0.05, 0.1) is 5.60 Å². The van der Waals surface area contributed by atoms with Gasteiger partial charge in [-0.15, -0.1) is 0 Å². The van der Waals surface area contributed by atoms with Crippen LogP contribution in [0.2, 0.25) is 0 Å². The van der Waals surface area contributed by atoms with E-state index >= 15 is 0 Å². The fraction of sp³-hybridized carbons (Fsp3) is 1.00. The minimum atomic E-state index is -0.385. The van der Waals surface area contributed by atoms with E-state index in [1.807, 2.05) is 0 Å². The number of rotatable bonds is 5. The lowest BCUT2D eigenvalue weighted by Crippen LogP contribution is -2.52. The highest BCUT2D eigenvalue weighted by Gasteiger charge is 2.42. The molecule has 0 aliphatic heterocycles. The highest BCUT2D eigenvalue weighted by atomic mass is 16.3. The Balaban J connectivity index is 2.14. The monoisotopic (exact) mass is 185 g/mol. The van der Waals surface area contributed by atoms with E-state index in [1.54, 1.807) is 0 Å². The van der Waals surface area contributed by atoms with Crippen LogP contribution in [0.3, 0.4) is 0 Å². The van der Waals surface area contributed by atoms with Crippen molar-refractivity contribution in [2.75, 3.05) is 13.1 Å². The van der Waals surface area contributed by atoms with E-state index in [1.165, 1.54) is 0 Å². The molecule has 1 aliphatic rings. The first-order valence-corrected chi connectivity index (χ1v) is 5.50. The molecular formula is C11H23NO. The second-order valence-electron chi connectivity index (χ2n) is 4.81. The maximum Gasteiger partial charge on any atom is 0.0777 e. The van der Waals surface area contributed by atoms with Gasteiger partial charge in [0, 0.05) is 6.54 Å². The van der Waals surface area contributed by atoms with E-state index in [2.05, 4.69) is 26.1 Å². The molecular weight excluding hydrogens is 162 g/mol. The lowest BCUT2D eigenvalue weighted by atomic mass is 9.66. The van der Waals surface area contributed by atoms with Crippen molar-refractivity contribution >= 4 is 0 Å². The van der Waals surface area contributed by atoms with Crippen molar-refractivity contribution in [3.8, 4) is 0 Å². The minimum Gasteiger partial charge on any atom is -0.389 e. The summed E-state index contributed by atoms with van der Waals surface area (Å²) in [6.45, 7) is 8.43. The lowest BCUT2D eigenvalue weighted by Gasteiger charge is -2.46. The van der Waals surface area contributed by atoms with Crippen LogP contribution in [-0.4, -0.2) is 23.8 Å². The quantitative estimate of drug-likeness (QED) is 0.640. The van der Waals surface area contributed by atoms with E-state index in [4.69, 9.17) is 0 Å².